The van der Waals surface area contributed by atoms with Gasteiger partial charge in [0, 0.05) is 23.9 Å². The van der Waals surface area contributed by atoms with Gasteiger partial charge in [-0.05, 0) is 42.5 Å². The number of fused-ring (bicyclic) bond motifs is 1. The zero-order valence-electron chi connectivity index (χ0n) is 15.9. The zero-order valence-corrected chi connectivity index (χ0v) is 16.7. The van der Waals surface area contributed by atoms with Crippen molar-refractivity contribution in [1.82, 2.24) is 9.88 Å². The summed E-state index contributed by atoms with van der Waals surface area (Å²) in [5.41, 5.74) is 3.48. The van der Waals surface area contributed by atoms with Gasteiger partial charge in [-0.3, -0.25) is 0 Å². The van der Waals surface area contributed by atoms with Crippen LogP contribution in [-0.4, -0.2) is 23.0 Å². The molecule has 29 heavy (non-hydrogen) atoms. The van der Waals surface area contributed by atoms with Gasteiger partial charge >= 0.3 is 6.03 Å². The number of anilines is 1. The maximum absolute atomic E-state index is 12.6. The summed E-state index contributed by atoms with van der Waals surface area (Å²) in [6.45, 7) is 0.457. The van der Waals surface area contributed by atoms with Gasteiger partial charge in [0.25, 0.3) is 0 Å². The largest absolute Gasteiger partial charge is 0.321 e. The summed E-state index contributed by atoms with van der Waals surface area (Å²) in [7, 11) is 1.76. The first kappa shape index (κ1) is 18.7. The van der Waals surface area contributed by atoms with Crippen LogP contribution >= 0.6 is 11.3 Å². The Morgan fingerprint density at radius 1 is 0.966 bits per heavy atom. The first-order valence-corrected chi connectivity index (χ1v) is 10.0. The van der Waals surface area contributed by atoms with E-state index in [9.17, 15) is 4.79 Å². The number of thiazole rings is 1. The Hall–Kier alpha value is -3.62. The Balaban J connectivity index is 1.42. The van der Waals surface area contributed by atoms with Crippen molar-refractivity contribution in [2.75, 3.05) is 12.4 Å². The van der Waals surface area contributed by atoms with Gasteiger partial charge in [0.1, 0.15) is 5.01 Å². The molecule has 2 amide bonds. The number of nitrogens with zero attached hydrogens (tertiary/aromatic N) is 2. The van der Waals surface area contributed by atoms with Gasteiger partial charge in [-0.15, -0.1) is 11.3 Å². The molecule has 4 rings (SSSR count). The number of nitrogens with one attached hydrogen (secondary N) is 1. The molecule has 5 heteroatoms. The molecular formula is C24H19N3OS. The average molecular weight is 398 g/mol. The maximum Gasteiger partial charge on any atom is 0.321 e. The first-order chi connectivity index (χ1) is 14.2. The molecule has 4 nitrogen and oxygen atoms in total. The van der Waals surface area contributed by atoms with Crippen LogP contribution in [-0.2, 0) is 6.54 Å². The van der Waals surface area contributed by atoms with E-state index in [4.69, 9.17) is 0 Å². The molecule has 0 aliphatic carbocycles. The van der Waals surface area contributed by atoms with E-state index in [1.807, 2.05) is 78.9 Å². The third-order valence-corrected chi connectivity index (χ3v) is 5.32. The van der Waals surface area contributed by atoms with E-state index in [2.05, 4.69) is 22.1 Å². The van der Waals surface area contributed by atoms with Gasteiger partial charge in [-0.2, -0.15) is 0 Å². The summed E-state index contributed by atoms with van der Waals surface area (Å²) in [6, 6.07) is 25.2. The predicted molar refractivity (Wildman–Crippen MR) is 119 cm³/mol. The highest BCUT2D eigenvalue weighted by atomic mass is 32.1. The standard InChI is InChI=1S/C24H19N3OS/c1-27(17-23-26-21-12-5-6-13-22(21)29-23)24(28)25-20-11-7-10-19(16-20)15-14-18-8-3-2-4-9-18/h2-13,16H,17H2,1H3,(H,25,28). The Morgan fingerprint density at radius 2 is 1.69 bits per heavy atom. The normalized spacial score (nSPS) is 10.2. The second kappa shape index (κ2) is 8.59. The minimum atomic E-state index is -0.183. The summed E-state index contributed by atoms with van der Waals surface area (Å²) >= 11 is 1.61. The molecule has 0 bridgehead atoms. The van der Waals surface area contributed by atoms with E-state index in [1.54, 1.807) is 23.3 Å². The van der Waals surface area contributed by atoms with Crippen LogP contribution in [0.15, 0.2) is 78.9 Å². The van der Waals surface area contributed by atoms with E-state index >= 15 is 0 Å². The fourth-order valence-corrected chi connectivity index (χ4v) is 3.84. The summed E-state index contributed by atoms with van der Waals surface area (Å²) in [6.07, 6.45) is 0. The highest BCUT2D eigenvalue weighted by Gasteiger charge is 2.12. The number of hydrogen-bond donors (Lipinski definition) is 1. The lowest BCUT2D eigenvalue weighted by atomic mass is 10.1. The molecule has 4 aromatic rings. The van der Waals surface area contributed by atoms with E-state index in [-0.39, 0.29) is 6.03 Å². The highest BCUT2D eigenvalue weighted by Crippen LogP contribution is 2.22. The van der Waals surface area contributed by atoms with Gasteiger partial charge in [0.15, 0.2) is 0 Å². The van der Waals surface area contributed by atoms with E-state index < -0.39 is 0 Å². The monoisotopic (exact) mass is 397 g/mol. The van der Waals surface area contributed by atoms with Crippen LogP contribution in [0.5, 0.6) is 0 Å². The van der Waals surface area contributed by atoms with Crippen LogP contribution in [0.3, 0.4) is 0 Å². The topological polar surface area (TPSA) is 45.2 Å². The molecule has 0 radical (unpaired) electrons. The molecule has 0 aliphatic rings. The van der Waals surface area contributed by atoms with Crippen molar-refractivity contribution in [2.24, 2.45) is 0 Å². The minimum absolute atomic E-state index is 0.183. The minimum Gasteiger partial charge on any atom is -0.321 e. The number of carbonyl (C=O) groups excluding carboxylic acids is 1. The Labute approximate surface area is 173 Å². The molecule has 1 aromatic heterocycles. The molecular weight excluding hydrogens is 378 g/mol. The van der Waals surface area contributed by atoms with E-state index in [1.165, 1.54) is 0 Å². The van der Waals surface area contributed by atoms with Crippen molar-refractivity contribution in [3.05, 3.63) is 95.0 Å². The SMILES string of the molecule is CN(Cc1nc2ccccc2s1)C(=O)Nc1cccc(C#Cc2ccccc2)c1. The van der Waals surface area contributed by atoms with Gasteiger partial charge in [-0.25, -0.2) is 9.78 Å². The van der Waals surface area contributed by atoms with Gasteiger partial charge < -0.3 is 10.2 Å². The number of amides is 2. The molecule has 0 unspecified atom stereocenters. The lowest BCUT2D eigenvalue weighted by molar-refractivity contribution is 0.220. The molecule has 142 valence electrons. The lowest BCUT2D eigenvalue weighted by Gasteiger charge is -2.16. The average Bonchev–Trinajstić information content (AvgIpc) is 3.15. The number of para-hydroxylation sites is 1. The molecule has 0 saturated heterocycles. The summed E-state index contributed by atoms with van der Waals surface area (Å²) < 4.78 is 1.13. The Kier molecular flexibility index (Phi) is 5.55. The zero-order chi connectivity index (χ0) is 20.1. The number of urea groups is 1. The van der Waals surface area contributed by atoms with Crippen LogP contribution in [0.1, 0.15) is 16.1 Å². The number of benzene rings is 3. The second-order valence-corrected chi connectivity index (χ2v) is 7.67. The first-order valence-electron chi connectivity index (χ1n) is 9.21. The van der Waals surface area contributed by atoms with Crippen molar-refractivity contribution < 1.29 is 4.79 Å². The van der Waals surface area contributed by atoms with Gasteiger partial charge in [0.05, 0.1) is 16.8 Å². The lowest BCUT2D eigenvalue weighted by Crippen LogP contribution is -2.30. The molecule has 3 aromatic carbocycles. The third kappa shape index (κ3) is 4.81. The molecule has 0 spiro atoms. The van der Waals surface area contributed by atoms with Gasteiger partial charge in [-0.1, -0.05) is 48.2 Å². The summed E-state index contributed by atoms with van der Waals surface area (Å²) in [4.78, 5) is 18.8. The van der Waals surface area contributed by atoms with Crippen molar-refractivity contribution in [3.63, 3.8) is 0 Å². The maximum atomic E-state index is 12.6. The summed E-state index contributed by atoms with van der Waals surface area (Å²) in [5, 5.41) is 3.84. The molecule has 0 saturated carbocycles. The number of carbonyl (C=O) groups is 1. The summed E-state index contributed by atoms with van der Waals surface area (Å²) in [5.74, 6) is 6.26. The van der Waals surface area contributed by atoms with E-state index in [0.29, 0.717) is 12.2 Å². The van der Waals surface area contributed by atoms with Crippen LogP contribution in [0.2, 0.25) is 0 Å². The van der Waals surface area contributed by atoms with Crippen molar-refractivity contribution in [3.8, 4) is 11.8 Å². The fourth-order valence-electron chi connectivity index (χ4n) is 2.82. The van der Waals surface area contributed by atoms with E-state index in [0.717, 1.165) is 26.4 Å². The number of aromatic nitrogens is 1. The molecule has 0 atom stereocenters. The fraction of sp³-hybridized carbons (Fsp3) is 0.0833. The Bertz CT molecular complexity index is 1170. The third-order valence-electron chi connectivity index (χ3n) is 4.30. The predicted octanol–water partition coefficient (Wildman–Crippen LogP) is 5.36. The van der Waals surface area contributed by atoms with Crippen molar-refractivity contribution in [1.29, 1.82) is 0 Å². The number of rotatable bonds is 3. The molecule has 1 N–H and O–H groups in total. The molecule has 0 fully saturated rings. The smallest absolute Gasteiger partial charge is 0.321 e. The highest BCUT2D eigenvalue weighted by molar-refractivity contribution is 7.18. The molecule has 0 aliphatic heterocycles. The number of hydrogen-bond acceptors (Lipinski definition) is 3. The van der Waals surface area contributed by atoms with Gasteiger partial charge in [0.2, 0.25) is 0 Å². The van der Waals surface area contributed by atoms with Crippen LogP contribution < -0.4 is 5.32 Å². The molecule has 1 heterocycles. The Morgan fingerprint density at radius 3 is 2.52 bits per heavy atom. The van der Waals surface area contributed by atoms with Crippen molar-refractivity contribution >= 4 is 33.3 Å². The van der Waals surface area contributed by atoms with Crippen LogP contribution in [0.25, 0.3) is 10.2 Å². The van der Waals surface area contributed by atoms with Crippen LogP contribution in [0, 0.1) is 11.8 Å². The second-order valence-electron chi connectivity index (χ2n) is 6.56. The van der Waals surface area contributed by atoms with Crippen LogP contribution in [0.4, 0.5) is 10.5 Å². The van der Waals surface area contributed by atoms with Crippen molar-refractivity contribution in [2.45, 2.75) is 6.54 Å². The quantitative estimate of drug-likeness (QED) is 0.473.